The molecule has 0 saturated carbocycles. The third-order valence-electron chi connectivity index (χ3n) is 6.38. The molecule has 4 nitrogen and oxygen atoms in total. The Morgan fingerprint density at radius 1 is 1.09 bits per heavy atom. The van der Waals surface area contributed by atoms with Gasteiger partial charge in [0.05, 0.1) is 11.7 Å². The fourth-order valence-electron chi connectivity index (χ4n) is 4.73. The van der Waals surface area contributed by atoms with Crippen LogP contribution in [0.3, 0.4) is 0 Å². The van der Waals surface area contributed by atoms with E-state index < -0.39 is 0 Å². The largest absolute Gasteiger partial charge is 0.508 e. The Morgan fingerprint density at radius 2 is 1.88 bits per heavy atom. The number of aromatic hydroxyl groups is 1. The molecule has 6 heteroatoms. The van der Waals surface area contributed by atoms with Crippen molar-refractivity contribution < 1.29 is 14.2 Å². The van der Waals surface area contributed by atoms with E-state index >= 15 is 4.39 Å². The molecule has 0 bridgehead atoms. The first-order valence-corrected chi connectivity index (χ1v) is 12.0. The first-order chi connectivity index (χ1) is 16.5. The average Bonchev–Trinajstić information content (AvgIpc) is 3.28. The molecule has 1 aromatic heterocycles. The van der Waals surface area contributed by atoms with Crippen LogP contribution in [0, 0.1) is 5.82 Å². The lowest BCUT2D eigenvalue weighted by atomic mass is 9.87. The van der Waals surface area contributed by atoms with E-state index in [-0.39, 0.29) is 17.8 Å². The van der Waals surface area contributed by atoms with Gasteiger partial charge >= 0.3 is 0 Å². The van der Waals surface area contributed by atoms with Crippen LogP contribution in [0.1, 0.15) is 55.5 Å². The molecule has 1 N–H and O–H groups in total. The van der Waals surface area contributed by atoms with E-state index in [1.165, 1.54) is 6.07 Å². The van der Waals surface area contributed by atoms with Crippen LogP contribution < -0.4 is 0 Å². The highest BCUT2D eigenvalue weighted by Gasteiger charge is 2.20. The van der Waals surface area contributed by atoms with Gasteiger partial charge in [0.1, 0.15) is 11.6 Å². The summed E-state index contributed by atoms with van der Waals surface area (Å²) in [6.45, 7) is 2.77. The Hall–Kier alpha value is -3.15. The molecule has 174 valence electrons. The summed E-state index contributed by atoms with van der Waals surface area (Å²) in [7, 11) is 0. The van der Waals surface area contributed by atoms with Crippen molar-refractivity contribution in [2.45, 2.75) is 38.8 Å². The van der Waals surface area contributed by atoms with Crippen LogP contribution in [-0.2, 0) is 4.74 Å². The second kappa shape index (κ2) is 9.61. The zero-order chi connectivity index (χ0) is 23.7. The molecule has 1 aliphatic rings. The number of ether oxygens (including phenoxy) is 1. The lowest BCUT2D eigenvalue weighted by Gasteiger charge is -2.23. The minimum absolute atomic E-state index is 0.0430. The van der Waals surface area contributed by atoms with Crippen molar-refractivity contribution in [3.63, 3.8) is 0 Å². The van der Waals surface area contributed by atoms with E-state index in [1.807, 2.05) is 29.9 Å². The van der Waals surface area contributed by atoms with Crippen LogP contribution >= 0.6 is 11.6 Å². The number of benzene rings is 3. The zero-order valence-electron chi connectivity index (χ0n) is 19.0. The molecule has 1 atom stereocenters. The minimum atomic E-state index is -0.357. The molecule has 1 unspecified atom stereocenters. The highest BCUT2D eigenvalue weighted by molar-refractivity contribution is 6.30. The second-order valence-electron chi connectivity index (χ2n) is 8.56. The van der Waals surface area contributed by atoms with Gasteiger partial charge in [-0.2, -0.15) is 5.10 Å². The summed E-state index contributed by atoms with van der Waals surface area (Å²) < 4.78 is 22.9. The highest BCUT2D eigenvalue weighted by atomic mass is 35.5. The third kappa shape index (κ3) is 4.33. The van der Waals surface area contributed by atoms with Gasteiger partial charge in [0.15, 0.2) is 6.23 Å². The van der Waals surface area contributed by atoms with Gasteiger partial charge < -0.3 is 9.84 Å². The molecule has 5 rings (SSSR count). The maximum absolute atomic E-state index is 15.0. The number of nitrogens with zero attached hydrogens (tertiary/aromatic N) is 2. The topological polar surface area (TPSA) is 47.3 Å². The van der Waals surface area contributed by atoms with Crippen molar-refractivity contribution in [3.8, 4) is 5.75 Å². The fourth-order valence-corrected chi connectivity index (χ4v) is 4.89. The van der Waals surface area contributed by atoms with Crippen molar-refractivity contribution in [3.05, 3.63) is 94.4 Å². The summed E-state index contributed by atoms with van der Waals surface area (Å²) in [4.78, 5) is 0. The monoisotopic (exact) mass is 476 g/mol. The number of aromatic nitrogens is 2. The van der Waals surface area contributed by atoms with Crippen molar-refractivity contribution in [2.75, 3.05) is 6.61 Å². The SMILES string of the molecule is CCC(=C(c1ccc(O)cc1)c1ccc2c(cnn2C2CCCCO2)c1)c1ccc(Cl)cc1F. The second-order valence-corrected chi connectivity index (χ2v) is 9.00. The molecule has 0 aliphatic carbocycles. The number of phenolic OH excluding ortho intramolecular Hbond substituents is 1. The molecule has 3 aromatic carbocycles. The van der Waals surface area contributed by atoms with Crippen LogP contribution in [0.15, 0.2) is 66.9 Å². The minimum Gasteiger partial charge on any atom is -0.508 e. The maximum atomic E-state index is 15.0. The van der Waals surface area contributed by atoms with Gasteiger partial charge in [-0.25, -0.2) is 9.07 Å². The molecule has 2 heterocycles. The molecule has 4 aromatic rings. The van der Waals surface area contributed by atoms with Crippen LogP contribution in [0.4, 0.5) is 4.39 Å². The van der Waals surface area contributed by atoms with E-state index in [0.717, 1.165) is 59.0 Å². The van der Waals surface area contributed by atoms with Gasteiger partial charge in [-0.05, 0) is 84.4 Å². The standard InChI is InChI=1S/C28H26ClFN2O2/c1-2-23(24-12-9-21(29)16-25(24)30)28(18-6-10-22(33)11-7-18)19-8-13-26-20(15-19)17-31-32(26)27-5-3-4-14-34-27/h6-13,15-17,27,33H,2-5,14H2,1H3. The van der Waals surface area contributed by atoms with Crippen molar-refractivity contribution in [1.29, 1.82) is 0 Å². The van der Waals surface area contributed by atoms with Crippen molar-refractivity contribution in [1.82, 2.24) is 9.78 Å². The predicted octanol–water partition coefficient (Wildman–Crippen LogP) is 7.60. The summed E-state index contributed by atoms with van der Waals surface area (Å²) in [6.07, 6.45) is 5.60. The van der Waals surface area contributed by atoms with Crippen LogP contribution in [0.25, 0.3) is 22.0 Å². The van der Waals surface area contributed by atoms with E-state index in [1.54, 1.807) is 24.3 Å². The molecule has 0 spiro atoms. The third-order valence-corrected chi connectivity index (χ3v) is 6.62. The van der Waals surface area contributed by atoms with Crippen LogP contribution in [-0.4, -0.2) is 21.5 Å². The number of rotatable bonds is 5. The number of hydrogen-bond donors (Lipinski definition) is 1. The van der Waals surface area contributed by atoms with Gasteiger partial charge in [0.2, 0.25) is 0 Å². The van der Waals surface area contributed by atoms with E-state index in [0.29, 0.717) is 17.0 Å². The summed E-state index contributed by atoms with van der Waals surface area (Å²) in [5.74, 6) is -0.174. The van der Waals surface area contributed by atoms with Gasteiger partial charge in [-0.15, -0.1) is 0 Å². The van der Waals surface area contributed by atoms with Gasteiger partial charge in [0.25, 0.3) is 0 Å². The summed E-state index contributed by atoms with van der Waals surface area (Å²) >= 11 is 6.02. The molecule has 34 heavy (non-hydrogen) atoms. The molecule has 0 radical (unpaired) electrons. The molecule has 0 amide bonds. The van der Waals surface area contributed by atoms with Crippen molar-refractivity contribution in [2.24, 2.45) is 0 Å². The highest BCUT2D eigenvalue weighted by Crippen LogP contribution is 2.38. The predicted molar refractivity (Wildman–Crippen MR) is 134 cm³/mol. The Balaban J connectivity index is 1.68. The average molecular weight is 477 g/mol. The quantitative estimate of drug-likeness (QED) is 0.301. The first-order valence-electron chi connectivity index (χ1n) is 11.6. The molecule has 1 aliphatic heterocycles. The number of halogens is 2. The number of hydrogen-bond acceptors (Lipinski definition) is 3. The van der Waals surface area contributed by atoms with Gasteiger partial charge in [-0.1, -0.05) is 42.8 Å². The van der Waals surface area contributed by atoms with E-state index in [9.17, 15) is 5.11 Å². The molecular formula is C28H26ClFN2O2. The van der Waals surface area contributed by atoms with Gasteiger partial charge in [0, 0.05) is 22.6 Å². The van der Waals surface area contributed by atoms with E-state index in [2.05, 4.69) is 23.3 Å². The lowest BCUT2D eigenvalue weighted by Crippen LogP contribution is -2.18. The smallest absolute Gasteiger partial charge is 0.150 e. The zero-order valence-corrected chi connectivity index (χ0v) is 19.7. The Morgan fingerprint density at radius 3 is 2.59 bits per heavy atom. The van der Waals surface area contributed by atoms with E-state index in [4.69, 9.17) is 16.3 Å². The van der Waals surface area contributed by atoms with Crippen LogP contribution in [0.5, 0.6) is 5.75 Å². The first kappa shape index (κ1) is 22.6. The summed E-state index contributed by atoms with van der Waals surface area (Å²) in [5, 5.41) is 15.8. The molecule has 1 fully saturated rings. The van der Waals surface area contributed by atoms with Gasteiger partial charge in [-0.3, -0.25) is 0 Å². The maximum Gasteiger partial charge on any atom is 0.150 e. The fraction of sp³-hybridized carbons (Fsp3) is 0.250. The summed E-state index contributed by atoms with van der Waals surface area (Å²) in [6, 6.07) is 18.0. The molecular weight excluding hydrogens is 451 g/mol. The Bertz CT molecular complexity index is 1350. The van der Waals surface area contributed by atoms with Crippen LogP contribution in [0.2, 0.25) is 5.02 Å². The number of fused-ring (bicyclic) bond motifs is 1. The Labute approximate surface area is 203 Å². The number of allylic oxidation sites excluding steroid dienone is 1. The molecule has 1 saturated heterocycles. The van der Waals surface area contributed by atoms with Crippen molar-refractivity contribution >= 4 is 33.7 Å². The Kier molecular flexibility index (Phi) is 6.40. The normalized spacial score (nSPS) is 17.1. The summed E-state index contributed by atoms with van der Waals surface area (Å²) in [5.41, 5.74) is 5.15. The lowest BCUT2D eigenvalue weighted by molar-refractivity contribution is -0.0366. The number of phenols is 1.